The van der Waals surface area contributed by atoms with Gasteiger partial charge in [0, 0.05) is 42.4 Å². The molecule has 1 aliphatic heterocycles. The summed E-state index contributed by atoms with van der Waals surface area (Å²) in [6.07, 6.45) is 6.01. The number of hydrogen-bond acceptors (Lipinski definition) is 5. The molecule has 2 aromatic heterocycles. The van der Waals surface area contributed by atoms with Crippen LogP contribution in [0.1, 0.15) is 30.7 Å². The number of anilines is 1. The van der Waals surface area contributed by atoms with E-state index in [-0.39, 0.29) is 0 Å². The van der Waals surface area contributed by atoms with Crippen LogP contribution in [0.15, 0.2) is 34.4 Å². The van der Waals surface area contributed by atoms with E-state index >= 15 is 0 Å². The molecule has 1 fully saturated rings. The second kappa shape index (κ2) is 6.85. The van der Waals surface area contributed by atoms with Crippen molar-refractivity contribution in [2.45, 2.75) is 31.8 Å². The summed E-state index contributed by atoms with van der Waals surface area (Å²) in [5, 5.41) is 3.74. The van der Waals surface area contributed by atoms with Crippen molar-refractivity contribution >= 4 is 33.2 Å². The van der Waals surface area contributed by atoms with E-state index in [9.17, 15) is 0 Å². The maximum Gasteiger partial charge on any atom is 0.225 e. The van der Waals surface area contributed by atoms with Gasteiger partial charge in [-0.2, -0.15) is 0 Å². The van der Waals surface area contributed by atoms with Crippen LogP contribution >= 0.6 is 27.3 Å². The molecule has 6 heteroatoms. The third kappa shape index (κ3) is 3.81. The average Bonchev–Trinajstić information content (AvgIpc) is 2.95. The normalized spacial score (nSPS) is 20.5. The Morgan fingerprint density at radius 1 is 1.38 bits per heavy atom. The Morgan fingerprint density at radius 2 is 2.19 bits per heavy atom. The molecule has 1 N–H and O–H groups in total. The Labute approximate surface area is 137 Å². The van der Waals surface area contributed by atoms with Gasteiger partial charge in [-0.05, 0) is 53.9 Å². The molecule has 2 unspecified atom stereocenters. The van der Waals surface area contributed by atoms with Crippen molar-refractivity contribution in [3.05, 3.63) is 39.3 Å². The van der Waals surface area contributed by atoms with E-state index in [4.69, 9.17) is 0 Å². The van der Waals surface area contributed by atoms with Crippen LogP contribution in [0.5, 0.6) is 0 Å². The molecule has 0 spiro atoms. The first-order valence-corrected chi connectivity index (χ1v) is 8.86. The quantitative estimate of drug-likeness (QED) is 0.896. The number of rotatable bonds is 4. The maximum atomic E-state index is 4.36. The predicted octanol–water partition coefficient (Wildman–Crippen LogP) is 3.62. The van der Waals surface area contributed by atoms with Crippen LogP contribution in [-0.4, -0.2) is 29.1 Å². The van der Waals surface area contributed by atoms with E-state index in [0.29, 0.717) is 12.1 Å². The zero-order valence-corrected chi connectivity index (χ0v) is 14.4. The summed E-state index contributed by atoms with van der Waals surface area (Å²) in [5.41, 5.74) is 0. The summed E-state index contributed by atoms with van der Waals surface area (Å²) in [5.74, 6) is 0.843. The van der Waals surface area contributed by atoms with Gasteiger partial charge in [0.2, 0.25) is 5.95 Å². The Balaban J connectivity index is 1.61. The molecule has 0 amide bonds. The lowest BCUT2D eigenvalue weighted by atomic mass is 10.0. The van der Waals surface area contributed by atoms with Crippen LogP contribution in [0.2, 0.25) is 0 Å². The number of nitrogens with one attached hydrogen (secondary N) is 1. The molecule has 0 radical (unpaired) electrons. The number of thiophene rings is 1. The zero-order valence-electron chi connectivity index (χ0n) is 12.0. The minimum atomic E-state index is 0.378. The van der Waals surface area contributed by atoms with E-state index in [1.54, 1.807) is 11.3 Å². The van der Waals surface area contributed by atoms with Crippen LogP contribution in [0.25, 0.3) is 0 Å². The first kappa shape index (κ1) is 14.9. The summed E-state index contributed by atoms with van der Waals surface area (Å²) in [6.45, 7) is 4.25. The van der Waals surface area contributed by atoms with Crippen LogP contribution in [0, 0.1) is 0 Å². The molecule has 3 heterocycles. The van der Waals surface area contributed by atoms with Crippen LogP contribution in [-0.2, 0) is 0 Å². The number of piperidine rings is 1. The van der Waals surface area contributed by atoms with Gasteiger partial charge in [-0.1, -0.05) is 0 Å². The van der Waals surface area contributed by atoms with Crippen molar-refractivity contribution in [2.75, 3.05) is 18.0 Å². The number of hydrogen-bond donors (Lipinski definition) is 1. The standard InChI is InChI=1S/C15H19BrN4S/c1-11(13-5-6-14(16)21-13)19-12-4-2-9-20(10-12)15-17-7-3-8-18-15/h3,5-8,11-12,19H,2,4,9-10H2,1H3. The summed E-state index contributed by atoms with van der Waals surface area (Å²) < 4.78 is 1.19. The van der Waals surface area contributed by atoms with Gasteiger partial charge in [0.15, 0.2) is 0 Å². The van der Waals surface area contributed by atoms with Crippen molar-refractivity contribution in [2.24, 2.45) is 0 Å². The van der Waals surface area contributed by atoms with Crippen molar-refractivity contribution < 1.29 is 0 Å². The molecule has 0 aromatic carbocycles. The molecule has 2 atom stereocenters. The fourth-order valence-electron chi connectivity index (χ4n) is 2.75. The smallest absolute Gasteiger partial charge is 0.225 e. The highest BCUT2D eigenvalue weighted by atomic mass is 79.9. The topological polar surface area (TPSA) is 41.0 Å². The van der Waals surface area contributed by atoms with Crippen molar-refractivity contribution in [1.29, 1.82) is 0 Å². The number of nitrogens with zero attached hydrogens (tertiary/aromatic N) is 3. The summed E-state index contributed by atoms with van der Waals surface area (Å²) >= 11 is 5.33. The SMILES string of the molecule is CC(NC1CCCN(c2ncccn2)C1)c1ccc(Br)s1. The summed E-state index contributed by atoms with van der Waals surface area (Å²) in [7, 11) is 0. The van der Waals surface area contributed by atoms with Gasteiger partial charge in [-0.15, -0.1) is 11.3 Å². The predicted molar refractivity (Wildman–Crippen MR) is 90.8 cm³/mol. The molecular formula is C15H19BrN4S. The summed E-state index contributed by atoms with van der Waals surface area (Å²) in [4.78, 5) is 12.4. The van der Waals surface area contributed by atoms with Crippen molar-refractivity contribution in [3.63, 3.8) is 0 Å². The monoisotopic (exact) mass is 366 g/mol. The van der Waals surface area contributed by atoms with Crippen LogP contribution in [0.3, 0.4) is 0 Å². The second-order valence-corrected chi connectivity index (χ2v) is 7.86. The molecule has 4 nitrogen and oxygen atoms in total. The number of halogens is 1. The highest BCUT2D eigenvalue weighted by Gasteiger charge is 2.23. The number of aromatic nitrogens is 2. The van der Waals surface area contributed by atoms with Gasteiger partial charge >= 0.3 is 0 Å². The van der Waals surface area contributed by atoms with Crippen molar-refractivity contribution in [1.82, 2.24) is 15.3 Å². The largest absolute Gasteiger partial charge is 0.339 e. The van der Waals surface area contributed by atoms with Gasteiger partial charge in [0.25, 0.3) is 0 Å². The lowest BCUT2D eigenvalue weighted by molar-refractivity contribution is 0.388. The van der Waals surface area contributed by atoms with E-state index in [2.05, 4.69) is 55.2 Å². The van der Waals surface area contributed by atoms with E-state index in [1.165, 1.54) is 21.5 Å². The van der Waals surface area contributed by atoms with E-state index < -0.39 is 0 Å². The average molecular weight is 367 g/mol. The molecule has 0 bridgehead atoms. The summed E-state index contributed by atoms with van der Waals surface area (Å²) in [6, 6.07) is 7.03. The lowest BCUT2D eigenvalue weighted by Gasteiger charge is -2.34. The molecule has 0 saturated carbocycles. The van der Waals surface area contributed by atoms with Gasteiger partial charge in [0.1, 0.15) is 0 Å². The molecular weight excluding hydrogens is 348 g/mol. The van der Waals surface area contributed by atoms with Gasteiger partial charge in [-0.25, -0.2) is 9.97 Å². The minimum absolute atomic E-state index is 0.378. The Bertz CT molecular complexity index is 574. The molecule has 2 aromatic rings. The third-order valence-corrected chi connectivity index (χ3v) is 5.57. The highest BCUT2D eigenvalue weighted by molar-refractivity contribution is 9.11. The van der Waals surface area contributed by atoms with Crippen LogP contribution < -0.4 is 10.2 Å². The molecule has 21 heavy (non-hydrogen) atoms. The Kier molecular flexibility index (Phi) is 4.87. The van der Waals surface area contributed by atoms with E-state index in [1.807, 2.05) is 18.5 Å². The van der Waals surface area contributed by atoms with Crippen molar-refractivity contribution in [3.8, 4) is 0 Å². The second-order valence-electron chi connectivity index (χ2n) is 5.36. The minimum Gasteiger partial charge on any atom is -0.339 e. The van der Waals surface area contributed by atoms with Crippen LogP contribution in [0.4, 0.5) is 5.95 Å². The zero-order chi connectivity index (χ0) is 14.7. The molecule has 112 valence electrons. The van der Waals surface area contributed by atoms with Gasteiger partial charge in [-0.3, -0.25) is 0 Å². The molecule has 3 rings (SSSR count). The fraction of sp³-hybridized carbons (Fsp3) is 0.467. The maximum absolute atomic E-state index is 4.36. The van der Waals surface area contributed by atoms with Gasteiger partial charge < -0.3 is 10.2 Å². The fourth-order valence-corrected chi connectivity index (χ4v) is 4.18. The van der Waals surface area contributed by atoms with E-state index in [0.717, 1.165) is 19.0 Å². The highest BCUT2D eigenvalue weighted by Crippen LogP contribution is 2.28. The molecule has 0 aliphatic carbocycles. The Morgan fingerprint density at radius 3 is 2.90 bits per heavy atom. The first-order chi connectivity index (χ1) is 10.2. The first-order valence-electron chi connectivity index (χ1n) is 7.25. The lowest BCUT2D eigenvalue weighted by Crippen LogP contribution is -2.46. The molecule has 1 aliphatic rings. The Hall–Kier alpha value is -0.980. The van der Waals surface area contributed by atoms with Gasteiger partial charge in [0.05, 0.1) is 3.79 Å². The third-order valence-electron chi connectivity index (χ3n) is 3.76. The molecule has 1 saturated heterocycles.